The Labute approximate surface area is 87.4 Å². The van der Waals surface area contributed by atoms with Crippen molar-refractivity contribution in [3.63, 3.8) is 0 Å². The zero-order chi connectivity index (χ0) is 11.9. The topological polar surface area (TPSA) is 55.6 Å². The predicted molar refractivity (Wildman–Crippen MR) is 50.7 cm³/mol. The van der Waals surface area contributed by atoms with E-state index in [2.05, 4.69) is 0 Å². The first-order valence-electron chi connectivity index (χ1n) is 4.73. The molecule has 1 heterocycles. The third-order valence-electron chi connectivity index (χ3n) is 2.01. The van der Waals surface area contributed by atoms with Crippen molar-refractivity contribution < 1.29 is 18.3 Å². The molecule has 1 saturated heterocycles. The summed E-state index contributed by atoms with van der Waals surface area (Å²) in [5.74, 6) is -3.02. The Bertz CT molecular complexity index is 263. The van der Waals surface area contributed by atoms with Crippen LogP contribution in [0.1, 0.15) is 20.8 Å². The second-order valence-electron chi connectivity index (χ2n) is 4.73. The molecular formula is C9H16F2N2O2. The minimum atomic E-state index is -3.02. The molecule has 15 heavy (non-hydrogen) atoms. The number of amides is 1. The summed E-state index contributed by atoms with van der Waals surface area (Å²) in [5.41, 5.74) is 4.52. The van der Waals surface area contributed by atoms with Gasteiger partial charge in [0.15, 0.2) is 0 Å². The molecule has 0 saturated carbocycles. The second-order valence-corrected chi connectivity index (χ2v) is 4.73. The van der Waals surface area contributed by atoms with Crippen molar-refractivity contribution in [1.82, 2.24) is 4.90 Å². The van der Waals surface area contributed by atoms with E-state index in [4.69, 9.17) is 10.5 Å². The van der Waals surface area contributed by atoms with E-state index < -0.39 is 30.2 Å². The highest BCUT2D eigenvalue weighted by molar-refractivity contribution is 5.68. The van der Waals surface area contributed by atoms with E-state index in [-0.39, 0.29) is 6.54 Å². The van der Waals surface area contributed by atoms with E-state index in [1.54, 1.807) is 20.8 Å². The molecule has 0 aromatic rings. The van der Waals surface area contributed by atoms with Gasteiger partial charge in [0.25, 0.3) is 5.92 Å². The monoisotopic (exact) mass is 222 g/mol. The van der Waals surface area contributed by atoms with Crippen LogP contribution in [-0.2, 0) is 4.74 Å². The maximum Gasteiger partial charge on any atom is 0.410 e. The maximum absolute atomic E-state index is 13.0. The predicted octanol–water partition coefficient (Wildman–Crippen LogP) is 1.20. The van der Waals surface area contributed by atoms with Gasteiger partial charge in [-0.05, 0) is 20.8 Å². The summed E-state index contributed by atoms with van der Waals surface area (Å²) in [6.07, 6.45) is -0.741. The van der Waals surface area contributed by atoms with E-state index >= 15 is 0 Å². The number of alkyl halides is 2. The van der Waals surface area contributed by atoms with Gasteiger partial charge in [-0.1, -0.05) is 0 Å². The highest BCUT2D eigenvalue weighted by Crippen LogP contribution is 2.27. The van der Waals surface area contributed by atoms with Gasteiger partial charge in [0, 0.05) is 6.54 Å². The van der Waals surface area contributed by atoms with Crippen LogP contribution < -0.4 is 5.73 Å². The van der Waals surface area contributed by atoms with E-state index in [9.17, 15) is 13.6 Å². The first kappa shape index (κ1) is 12.2. The molecule has 88 valence electrons. The highest BCUT2D eigenvalue weighted by atomic mass is 19.3. The van der Waals surface area contributed by atoms with Gasteiger partial charge in [-0.15, -0.1) is 0 Å². The third kappa shape index (κ3) is 3.02. The van der Waals surface area contributed by atoms with Crippen LogP contribution in [0.15, 0.2) is 0 Å². The van der Waals surface area contributed by atoms with E-state index in [1.165, 1.54) is 0 Å². The van der Waals surface area contributed by atoms with Crippen molar-refractivity contribution >= 4 is 6.09 Å². The Morgan fingerprint density at radius 1 is 1.53 bits per heavy atom. The SMILES string of the molecule is CC(C)(C)OC(=O)N1C[C@@H](N)C(F)(F)C1. The molecule has 0 unspecified atom stereocenters. The zero-order valence-corrected chi connectivity index (χ0v) is 9.09. The van der Waals surface area contributed by atoms with Crippen LogP contribution >= 0.6 is 0 Å². The number of hydrogen-bond acceptors (Lipinski definition) is 3. The van der Waals surface area contributed by atoms with Gasteiger partial charge in [0.2, 0.25) is 0 Å². The minimum Gasteiger partial charge on any atom is -0.444 e. The van der Waals surface area contributed by atoms with Gasteiger partial charge in [0.05, 0.1) is 12.6 Å². The van der Waals surface area contributed by atoms with Crippen LogP contribution in [0, 0.1) is 0 Å². The molecule has 2 N–H and O–H groups in total. The number of hydrogen-bond donors (Lipinski definition) is 1. The van der Waals surface area contributed by atoms with Gasteiger partial charge < -0.3 is 15.4 Å². The van der Waals surface area contributed by atoms with Gasteiger partial charge >= 0.3 is 6.09 Å². The molecule has 1 rings (SSSR count). The Morgan fingerprint density at radius 3 is 2.40 bits per heavy atom. The summed E-state index contributed by atoms with van der Waals surface area (Å²) in [6, 6.07) is -1.30. The maximum atomic E-state index is 13.0. The van der Waals surface area contributed by atoms with Crippen molar-refractivity contribution in [2.45, 2.75) is 38.3 Å². The lowest BCUT2D eigenvalue weighted by molar-refractivity contribution is -0.00942. The van der Waals surface area contributed by atoms with Crippen molar-refractivity contribution in [2.24, 2.45) is 5.73 Å². The molecule has 1 fully saturated rings. The molecule has 6 heteroatoms. The first-order chi connectivity index (χ1) is 6.62. The summed E-state index contributed by atoms with van der Waals surface area (Å²) < 4.78 is 31.0. The summed E-state index contributed by atoms with van der Waals surface area (Å²) in [6.45, 7) is 4.21. The van der Waals surface area contributed by atoms with E-state index in [1.807, 2.05) is 0 Å². The Morgan fingerprint density at radius 2 is 2.07 bits per heavy atom. The second kappa shape index (κ2) is 3.59. The number of rotatable bonds is 0. The molecule has 0 aromatic heterocycles. The first-order valence-corrected chi connectivity index (χ1v) is 4.73. The minimum absolute atomic E-state index is 0.165. The molecule has 0 aliphatic carbocycles. The van der Waals surface area contributed by atoms with Gasteiger partial charge in [-0.25, -0.2) is 13.6 Å². The molecule has 1 aliphatic heterocycles. The number of nitrogens with two attached hydrogens (primary N) is 1. The third-order valence-corrected chi connectivity index (χ3v) is 2.01. The summed E-state index contributed by atoms with van der Waals surface area (Å²) in [4.78, 5) is 12.3. The zero-order valence-electron chi connectivity index (χ0n) is 9.09. The van der Waals surface area contributed by atoms with Crippen LogP contribution in [0.3, 0.4) is 0 Å². The van der Waals surface area contributed by atoms with Crippen LogP contribution in [0.4, 0.5) is 13.6 Å². The number of carbonyl (C=O) groups excluding carboxylic acids is 1. The molecule has 0 bridgehead atoms. The fraction of sp³-hybridized carbons (Fsp3) is 0.889. The number of carbonyl (C=O) groups is 1. The molecule has 0 spiro atoms. The quantitative estimate of drug-likeness (QED) is 0.670. The molecule has 0 radical (unpaired) electrons. The van der Waals surface area contributed by atoms with Crippen molar-refractivity contribution in [3.8, 4) is 0 Å². The average molecular weight is 222 g/mol. The highest BCUT2D eigenvalue weighted by Gasteiger charge is 2.48. The van der Waals surface area contributed by atoms with Crippen LogP contribution in [0.2, 0.25) is 0 Å². The van der Waals surface area contributed by atoms with E-state index in [0.29, 0.717) is 0 Å². The molecule has 1 atom stereocenters. The van der Waals surface area contributed by atoms with Crippen LogP contribution in [0.25, 0.3) is 0 Å². The van der Waals surface area contributed by atoms with Gasteiger partial charge in [-0.2, -0.15) is 0 Å². The molecular weight excluding hydrogens is 206 g/mol. The Hall–Kier alpha value is -0.910. The standard InChI is InChI=1S/C9H16F2N2O2/c1-8(2,3)15-7(14)13-4-6(12)9(10,11)5-13/h6H,4-5,12H2,1-3H3/t6-/m1/s1. The van der Waals surface area contributed by atoms with Gasteiger partial charge in [0.1, 0.15) is 5.60 Å². The smallest absolute Gasteiger partial charge is 0.410 e. The average Bonchev–Trinajstić information content (AvgIpc) is 2.23. The Kier molecular flexibility index (Phi) is 2.91. The summed E-state index contributed by atoms with van der Waals surface area (Å²) >= 11 is 0. The van der Waals surface area contributed by atoms with Crippen molar-refractivity contribution in [2.75, 3.05) is 13.1 Å². The van der Waals surface area contributed by atoms with Crippen molar-refractivity contribution in [1.29, 1.82) is 0 Å². The summed E-state index contributed by atoms with van der Waals surface area (Å²) in [5, 5.41) is 0. The summed E-state index contributed by atoms with van der Waals surface area (Å²) in [7, 11) is 0. The van der Waals surface area contributed by atoms with Crippen LogP contribution in [-0.4, -0.2) is 41.6 Å². The lowest BCUT2D eigenvalue weighted by atomic mass is 10.2. The number of ether oxygens (including phenoxy) is 1. The van der Waals surface area contributed by atoms with Gasteiger partial charge in [-0.3, -0.25) is 0 Å². The number of nitrogens with zero attached hydrogens (tertiary/aromatic N) is 1. The number of likely N-dealkylation sites (tertiary alicyclic amines) is 1. The number of halogens is 2. The normalized spacial score (nSPS) is 25.5. The fourth-order valence-electron chi connectivity index (χ4n) is 1.27. The Balaban J connectivity index is 2.58. The lowest BCUT2D eigenvalue weighted by Crippen LogP contribution is -2.38. The molecule has 1 aliphatic rings. The van der Waals surface area contributed by atoms with Crippen molar-refractivity contribution in [3.05, 3.63) is 0 Å². The largest absolute Gasteiger partial charge is 0.444 e. The molecule has 4 nitrogen and oxygen atoms in total. The molecule has 0 aromatic carbocycles. The fourth-order valence-corrected chi connectivity index (χ4v) is 1.27. The van der Waals surface area contributed by atoms with E-state index in [0.717, 1.165) is 4.90 Å². The lowest BCUT2D eigenvalue weighted by Gasteiger charge is -2.24. The van der Waals surface area contributed by atoms with Crippen LogP contribution in [0.5, 0.6) is 0 Å². The molecule has 1 amide bonds.